The summed E-state index contributed by atoms with van der Waals surface area (Å²) in [5, 5.41) is 13.4. The number of nitro groups is 1. The average Bonchev–Trinajstić information content (AvgIpc) is 2.52. The Morgan fingerprint density at radius 1 is 1.32 bits per heavy atom. The largest absolute Gasteiger partial charge is 0.465 e. The maximum Gasteiger partial charge on any atom is 0.407 e. The normalized spacial score (nSPS) is 11.2. The van der Waals surface area contributed by atoms with Gasteiger partial charge in [0.25, 0.3) is 5.69 Å². The van der Waals surface area contributed by atoms with Gasteiger partial charge in [0.1, 0.15) is 5.60 Å². The second-order valence-electron chi connectivity index (χ2n) is 6.14. The zero-order valence-corrected chi connectivity index (χ0v) is 14.7. The van der Waals surface area contributed by atoms with E-state index in [1.54, 1.807) is 32.9 Å². The van der Waals surface area contributed by atoms with E-state index < -0.39 is 22.6 Å². The first-order chi connectivity index (χ1) is 11.6. The van der Waals surface area contributed by atoms with E-state index in [1.165, 1.54) is 25.3 Å². The zero-order chi connectivity index (χ0) is 19.0. The Morgan fingerprint density at radius 2 is 2.00 bits per heavy atom. The summed E-state index contributed by atoms with van der Waals surface area (Å²) in [4.78, 5) is 33.5. The monoisotopic (exact) mass is 350 g/mol. The Hall–Kier alpha value is -2.90. The zero-order valence-electron chi connectivity index (χ0n) is 14.7. The van der Waals surface area contributed by atoms with Crippen molar-refractivity contribution < 1.29 is 24.0 Å². The average molecular weight is 350 g/mol. The van der Waals surface area contributed by atoms with Crippen molar-refractivity contribution in [3.63, 3.8) is 0 Å². The first-order valence-corrected chi connectivity index (χ1v) is 7.64. The highest BCUT2D eigenvalue weighted by Gasteiger charge is 2.16. The van der Waals surface area contributed by atoms with Crippen molar-refractivity contribution in [1.82, 2.24) is 5.32 Å². The number of non-ortho nitro benzene ring substituents is 1. The number of nitrogens with one attached hydrogen (secondary N) is 1. The number of nitro benzene ring substituents is 1. The minimum Gasteiger partial charge on any atom is -0.465 e. The number of benzene rings is 1. The quantitative estimate of drug-likeness (QED) is 0.365. The fourth-order valence-electron chi connectivity index (χ4n) is 1.87. The van der Waals surface area contributed by atoms with Gasteiger partial charge in [-0.25, -0.2) is 9.59 Å². The summed E-state index contributed by atoms with van der Waals surface area (Å²) in [6.45, 7) is 5.67. The van der Waals surface area contributed by atoms with E-state index in [9.17, 15) is 19.7 Å². The molecule has 0 atom stereocenters. The van der Waals surface area contributed by atoms with E-state index in [0.29, 0.717) is 18.5 Å². The van der Waals surface area contributed by atoms with Gasteiger partial charge in [0, 0.05) is 18.7 Å². The molecule has 1 N–H and O–H groups in total. The van der Waals surface area contributed by atoms with Crippen molar-refractivity contribution in [3.8, 4) is 0 Å². The number of nitrogens with zero attached hydrogens (tertiary/aromatic N) is 1. The van der Waals surface area contributed by atoms with Gasteiger partial charge in [-0.3, -0.25) is 10.1 Å². The lowest BCUT2D eigenvalue weighted by molar-refractivity contribution is -0.384. The fraction of sp³-hybridized carbons (Fsp3) is 0.412. The Balaban J connectivity index is 2.69. The highest BCUT2D eigenvalue weighted by Crippen LogP contribution is 2.20. The first-order valence-electron chi connectivity index (χ1n) is 7.64. The van der Waals surface area contributed by atoms with Crippen molar-refractivity contribution >= 4 is 23.8 Å². The van der Waals surface area contributed by atoms with E-state index >= 15 is 0 Å². The lowest BCUT2D eigenvalue weighted by atomic mass is 10.1. The van der Waals surface area contributed by atoms with Gasteiger partial charge in [-0.05, 0) is 38.8 Å². The molecule has 1 rings (SSSR count). The third-order valence-corrected chi connectivity index (χ3v) is 2.93. The molecule has 25 heavy (non-hydrogen) atoms. The molecule has 1 amide bonds. The molecule has 0 bridgehead atoms. The molecule has 0 fully saturated rings. The van der Waals surface area contributed by atoms with Crippen LogP contribution >= 0.6 is 0 Å². The maximum absolute atomic E-state index is 11.8. The van der Waals surface area contributed by atoms with Gasteiger partial charge in [-0.2, -0.15) is 0 Å². The molecule has 8 nitrogen and oxygen atoms in total. The molecule has 1 aromatic carbocycles. The number of carbonyl (C=O) groups excluding carboxylic acids is 2. The van der Waals surface area contributed by atoms with Gasteiger partial charge in [-0.15, -0.1) is 0 Å². The Labute approximate surface area is 146 Å². The van der Waals surface area contributed by atoms with Gasteiger partial charge in [0.2, 0.25) is 0 Å². The van der Waals surface area contributed by atoms with Crippen LogP contribution in [0.2, 0.25) is 0 Å². The molecule has 0 heterocycles. The van der Waals surface area contributed by atoms with E-state index in [2.05, 4.69) is 10.1 Å². The molecule has 0 saturated carbocycles. The lowest BCUT2D eigenvalue weighted by Crippen LogP contribution is -2.32. The smallest absolute Gasteiger partial charge is 0.407 e. The molecule has 0 aliphatic rings. The summed E-state index contributed by atoms with van der Waals surface area (Å²) < 4.78 is 9.75. The maximum atomic E-state index is 11.8. The van der Waals surface area contributed by atoms with Crippen LogP contribution in [0, 0.1) is 10.1 Å². The second-order valence-corrected chi connectivity index (χ2v) is 6.14. The van der Waals surface area contributed by atoms with Crippen LogP contribution in [0.15, 0.2) is 24.3 Å². The van der Waals surface area contributed by atoms with E-state index in [0.717, 1.165) is 0 Å². The third-order valence-electron chi connectivity index (χ3n) is 2.93. The molecule has 0 spiro atoms. The predicted octanol–water partition coefficient (Wildman–Crippen LogP) is 3.31. The molecular formula is C17H22N2O6. The third kappa shape index (κ3) is 7.03. The molecule has 0 aliphatic heterocycles. The predicted molar refractivity (Wildman–Crippen MR) is 92.3 cm³/mol. The highest BCUT2D eigenvalue weighted by molar-refractivity contribution is 5.94. The van der Waals surface area contributed by atoms with Crippen LogP contribution in [-0.4, -0.2) is 36.2 Å². The van der Waals surface area contributed by atoms with Gasteiger partial charge < -0.3 is 14.8 Å². The van der Waals surface area contributed by atoms with Crippen LogP contribution in [0.5, 0.6) is 0 Å². The molecule has 0 saturated heterocycles. The minimum atomic E-state index is -0.657. The number of rotatable bonds is 6. The Morgan fingerprint density at radius 3 is 2.56 bits per heavy atom. The van der Waals surface area contributed by atoms with Gasteiger partial charge in [0.05, 0.1) is 17.6 Å². The highest BCUT2D eigenvalue weighted by atomic mass is 16.6. The number of ether oxygens (including phenoxy) is 2. The number of hydrogen-bond acceptors (Lipinski definition) is 6. The molecule has 0 aromatic heterocycles. The van der Waals surface area contributed by atoms with Crippen LogP contribution in [0.4, 0.5) is 10.5 Å². The topological polar surface area (TPSA) is 108 Å². The Bertz CT molecular complexity index is 676. The molecule has 0 radical (unpaired) electrons. The fourth-order valence-corrected chi connectivity index (χ4v) is 1.87. The Kier molecular flexibility index (Phi) is 7.10. The summed E-state index contributed by atoms with van der Waals surface area (Å²) in [7, 11) is 1.21. The van der Waals surface area contributed by atoms with E-state index in [4.69, 9.17) is 4.74 Å². The standard InChI is InChI=1S/C17H22N2O6/c1-17(2,3)25-16(21)18-10-6-5-7-12-8-9-13(19(22)23)11-14(12)15(20)24-4/h5,7-9,11H,6,10H2,1-4H3,(H,18,21). The minimum absolute atomic E-state index is 0.105. The van der Waals surface area contributed by atoms with E-state index in [-0.39, 0.29) is 11.3 Å². The van der Waals surface area contributed by atoms with Crippen molar-refractivity contribution in [1.29, 1.82) is 0 Å². The second kappa shape index (κ2) is 8.81. The van der Waals surface area contributed by atoms with Crippen LogP contribution in [0.25, 0.3) is 6.08 Å². The summed E-state index contributed by atoms with van der Waals surface area (Å²) >= 11 is 0. The van der Waals surface area contributed by atoms with Crippen LogP contribution in [0.1, 0.15) is 43.1 Å². The molecular weight excluding hydrogens is 328 g/mol. The SMILES string of the molecule is COC(=O)c1cc([N+](=O)[O-])ccc1C=CCCNC(=O)OC(C)(C)C. The molecule has 0 unspecified atom stereocenters. The summed E-state index contributed by atoms with van der Waals surface area (Å²) in [6.07, 6.45) is 3.38. The molecule has 1 aromatic rings. The van der Waals surface area contributed by atoms with Crippen molar-refractivity contribution in [3.05, 3.63) is 45.5 Å². The summed E-state index contributed by atoms with van der Waals surface area (Å²) in [5.41, 5.74) is -0.152. The summed E-state index contributed by atoms with van der Waals surface area (Å²) in [5.74, 6) is -0.657. The van der Waals surface area contributed by atoms with Crippen molar-refractivity contribution in [2.75, 3.05) is 13.7 Å². The number of hydrogen-bond donors (Lipinski definition) is 1. The van der Waals surface area contributed by atoms with Gasteiger partial charge >= 0.3 is 12.1 Å². The number of methoxy groups -OCH3 is 1. The molecule has 8 heteroatoms. The van der Waals surface area contributed by atoms with Crippen molar-refractivity contribution in [2.24, 2.45) is 0 Å². The molecule has 136 valence electrons. The molecule has 0 aliphatic carbocycles. The van der Waals surface area contributed by atoms with Crippen molar-refractivity contribution in [2.45, 2.75) is 32.8 Å². The van der Waals surface area contributed by atoms with Gasteiger partial charge in [-0.1, -0.05) is 12.2 Å². The number of amides is 1. The number of carbonyl (C=O) groups is 2. The number of alkyl carbamates (subject to hydrolysis) is 1. The summed E-state index contributed by atoms with van der Waals surface area (Å²) in [6, 6.07) is 3.96. The first kappa shape index (κ1) is 20.1. The van der Waals surface area contributed by atoms with Gasteiger partial charge in [0.15, 0.2) is 0 Å². The van der Waals surface area contributed by atoms with E-state index in [1.807, 2.05) is 0 Å². The number of esters is 1. The van der Waals surface area contributed by atoms with Crippen LogP contribution < -0.4 is 5.32 Å². The lowest BCUT2D eigenvalue weighted by Gasteiger charge is -2.19. The van der Waals surface area contributed by atoms with Crippen LogP contribution in [0.3, 0.4) is 0 Å². The van der Waals surface area contributed by atoms with Crippen LogP contribution in [-0.2, 0) is 9.47 Å².